The van der Waals surface area contributed by atoms with Crippen molar-refractivity contribution in [3.63, 3.8) is 0 Å². The van der Waals surface area contributed by atoms with Crippen LogP contribution in [0, 0.1) is 0 Å². The van der Waals surface area contributed by atoms with Crippen LogP contribution in [0.3, 0.4) is 0 Å². The van der Waals surface area contributed by atoms with Crippen LogP contribution in [0.4, 0.5) is 0 Å². The Labute approximate surface area is 185 Å². The molecule has 2 aromatic rings. The molecule has 1 fully saturated rings. The van der Waals surface area contributed by atoms with Crippen molar-refractivity contribution in [3.8, 4) is 0 Å². The number of nitrogens with zero attached hydrogens (tertiary/aromatic N) is 3. The Morgan fingerprint density at radius 1 is 1.07 bits per heavy atom. The first-order valence-corrected chi connectivity index (χ1v) is 12.5. The summed E-state index contributed by atoms with van der Waals surface area (Å²) < 4.78 is 35.7. The van der Waals surface area contributed by atoms with Crippen LogP contribution < -0.4 is 0 Å². The molecule has 0 amide bonds. The fourth-order valence-electron chi connectivity index (χ4n) is 3.79. The van der Waals surface area contributed by atoms with Crippen molar-refractivity contribution in [1.29, 1.82) is 0 Å². The van der Waals surface area contributed by atoms with Crippen LogP contribution >= 0.6 is 11.8 Å². The molecule has 0 N–H and O–H groups in total. The second-order valence-corrected chi connectivity index (χ2v) is 11.2. The number of hydrogen-bond acceptors (Lipinski definition) is 5. The third kappa shape index (κ3) is 4.36. The lowest BCUT2D eigenvalue weighted by Crippen LogP contribution is -2.44. The van der Waals surface area contributed by atoms with Crippen LogP contribution in [0.1, 0.15) is 18.9 Å². The van der Waals surface area contributed by atoms with E-state index in [0.717, 1.165) is 59.2 Å². The molecule has 160 valence electrons. The molecule has 2 aromatic carbocycles. The Bertz CT molecular complexity index is 1110. The quantitative estimate of drug-likeness (QED) is 0.603. The van der Waals surface area contributed by atoms with Gasteiger partial charge in [0.25, 0.3) is 0 Å². The van der Waals surface area contributed by atoms with E-state index in [0.29, 0.717) is 12.5 Å². The minimum Gasteiger partial charge on any atom is -0.304 e. The highest BCUT2D eigenvalue weighted by Crippen LogP contribution is 2.46. The Hall–Kier alpha value is -1.64. The van der Waals surface area contributed by atoms with E-state index in [4.69, 9.17) is 1.37 Å². The summed E-state index contributed by atoms with van der Waals surface area (Å²) in [5, 5.41) is 0. The van der Waals surface area contributed by atoms with Gasteiger partial charge >= 0.3 is 0 Å². The van der Waals surface area contributed by atoms with Gasteiger partial charge in [0.15, 0.2) is 0 Å². The average molecular weight is 445 g/mol. The summed E-state index contributed by atoms with van der Waals surface area (Å²) in [4.78, 5) is 7.11. The van der Waals surface area contributed by atoms with Crippen LogP contribution in [0.25, 0.3) is 5.57 Å². The maximum atomic E-state index is 12.7. The molecule has 0 atom stereocenters. The third-order valence-corrected chi connectivity index (χ3v) is 8.66. The number of rotatable bonds is 5. The SMILES string of the molecule is [2H]/C(CCN1CCN(C)CC1)=C1\c2ccccc2Sc2ccc(S(=O)(=O)N(C)C)cc21. The number of benzene rings is 2. The molecule has 7 heteroatoms. The molecule has 5 nitrogen and oxygen atoms in total. The van der Waals surface area contributed by atoms with Crippen molar-refractivity contribution in [1.82, 2.24) is 14.1 Å². The van der Waals surface area contributed by atoms with E-state index in [9.17, 15) is 8.42 Å². The number of sulfonamides is 1. The predicted molar refractivity (Wildman–Crippen MR) is 124 cm³/mol. The molecule has 2 aliphatic rings. The van der Waals surface area contributed by atoms with Gasteiger partial charge in [-0.2, -0.15) is 0 Å². The van der Waals surface area contributed by atoms with Gasteiger partial charge in [0.2, 0.25) is 10.0 Å². The molecule has 0 aromatic heterocycles. The molecule has 2 heterocycles. The summed E-state index contributed by atoms with van der Waals surface area (Å²) in [7, 11) is 1.68. The zero-order valence-corrected chi connectivity index (χ0v) is 19.4. The first-order chi connectivity index (χ1) is 14.8. The number of hydrogen-bond donors (Lipinski definition) is 0. The maximum absolute atomic E-state index is 12.7. The van der Waals surface area contributed by atoms with Crippen molar-refractivity contribution >= 4 is 27.4 Å². The molecule has 1 saturated heterocycles. The van der Waals surface area contributed by atoms with Gasteiger partial charge in [0.05, 0.1) is 6.27 Å². The maximum Gasteiger partial charge on any atom is 0.242 e. The Morgan fingerprint density at radius 3 is 2.50 bits per heavy atom. The zero-order valence-electron chi connectivity index (χ0n) is 18.8. The van der Waals surface area contributed by atoms with Gasteiger partial charge in [-0.25, -0.2) is 12.7 Å². The fourth-order valence-corrected chi connectivity index (χ4v) is 5.79. The molecule has 0 unspecified atom stereocenters. The van der Waals surface area contributed by atoms with Gasteiger partial charge in [0.1, 0.15) is 0 Å². The van der Waals surface area contributed by atoms with E-state index < -0.39 is 10.0 Å². The lowest BCUT2D eigenvalue weighted by atomic mass is 9.96. The summed E-state index contributed by atoms with van der Waals surface area (Å²) in [5.41, 5.74) is 2.71. The molecule has 0 spiro atoms. The lowest BCUT2D eigenvalue weighted by molar-refractivity contribution is 0.156. The van der Waals surface area contributed by atoms with Crippen molar-refractivity contribution in [3.05, 3.63) is 59.6 Å². The molecular weight excluding hydrogens is 414 g/mol. The Morgan fingerprint density at radius 2 is 1.77 bits per heavy atom. The third-order valence-electron chi connectivity index (χ3n) is 5.70. The van der Waals surface area contributed by atoms with Crippen LogP contribution in [0.5, 0.6) is 0 Å². The van der Waals surface area contributed by atoms with Crippen LogP contribution in [-0.2, 0) is 10.0 Å². The van der Waals surface area contributed by atoms with E-state index >= 15 is 0 Å². The van der Waals surface area contributed by atoms with Crippen molar-refractivity contribution in [2.45, 2.75) is 21.1 Å². The first kappa shape index (κ1) is 20.3. The van der Waals surface area contributed by atoms with Gasteiger partial charge < -0.3 is 9.80 Å². The predicted octanol–water partition coefficient (Wildman–Crippen LogP) is 3.47. The van der Waals surface area contributed by atoms with E-state index in [2.05, 4.69) is 22.9 Å². The monoisotopic (exact) mass is 444 g/mol. The topological polar surface area (TPSA) is 43.9 Å². The molecule has 0 radical (unpaired) electrons. The van der Waals surface area contributed by atoms with E-state index in [-0.39, 0.29) is 4.90 Å². The summed E-state index contributed by atoms with van der Waals surface area (Å²) in [5.74, 6) is 0. The molecule has 4 rings (SSSR count). The fraction of sp³-hybridized carbons (Fsp3) is 0.391. The highest BCUT2D eigenvalue weighted by molar-refractivity contribution is 7.99. The smallest absolute Gasteiger partial charge is 0.242 e. The normalized spacial score (nSPS) is 19.9. The first-order valence-electron chi connectivity index (χ1n) is 10.7. The van der Waals surface area contributed by atoms with Crippen LogP contribution in [0.2, 0.25) is 0 Å². The van der Waals surface area contributed by atoms with Crippen LogP contribution in [0.15, 0.2) is 63.2 Å². The molecule has 0 saturated carbocycles. The van der Waals surface area contributed by atoms with Gasteiger partial charge in [0, 0.05) is 56.6 Å². The minimum atomic E-state index is -3.54. The van der Waals surface area contributed by atoms with E-state index in [1.807, 2.05) is 24.3 Å². The second-order valence-electron chi connectivity index (χ2n) is 7.99. The highest BCUT2D eigenvalue weighted by atomic mass is 32.2. The largest absolute Gasteiger partial charge is 0.304 e. The summed E-state index contributed by atoms with van der Waals surface area (Å²) in [6.45, 7) is 4.99. The Kier molecular flexibility index (Phi) is 5.98. The molecular formula is C23H29N3O2S2. The minimum absolute atomic E-state index is 0.264. The molecule has 30 heavy (non-hydrogen) atoms. The van der Waals surface area contributed by atoms with Crippen molar-refractivity contribution in [2.24, 2.45) is 0 Å². The number of likely N-dealkylation sites (N-methyl/N-ethyl adjacent to an activating group) is 1. The highest BCUT2D eigenvalue weighted by Gasteiger charge is 2.25. The van der Waals surface area contributed by atoms with E-state index in [1.165, 1.54) is 4.31 Å². The van der Waals surface area contributed by atoms with Crippen molar-refractivity contribution in [2.75, 3.05) is 53.9 Å². The standard InChI is InChI=1S/C23H29N3O2S2/c1-24(2)30(27,28)18-10-11-23-21(17-18)19(20-7-4-5-9-22(20)29-23)8-6-12-26-15-13-25(3)14-16-26/h4-5,7-11,17H,6,12-16H2,1-3H3/b19-8-/i8D. The zero-order chi connectivity index (χ0) is 22.2. The number of fused-ring (bicyclic) bond motifs is 2. The Balaban J connectivity index is 1.73. The second kappa shape index (κ2) is 8.85. The van der Waals surface area contributed by atoms with Gasteiger partial charge in [-0.3, -0.25) is 0 Å². The summed E-state index contributed by atoms with van der Waals surface area (Å²) in [6.07, 6.45) is 0.641. The molecule has 0 aliphatic carbocycles. The molecule has 2 aliphatic heterocycles. The molecule has 0 bridgehead atoms. The van der Waals surface area contributed by atoms with Crippen LogP contribution in [-0.4, -0.2) is 76.4 Å². The number of piperazine rings is 1. The van der Waals surface area contributed by atoms with Crippen molar-refractivity contribution < 1.29 is 9.79 Å². The van der Waals surface area contributed by atoms with Gasteiger partial charge in [-0.15, -0.1) is 0 Å². The summed E-state index contributed by atoms with van der Waals surface area (Å²) >= 11 is 1.64. The van der Waals surface area contributed by atoms with Gasteiger partial charge in [-0.1, -0.05) is 36.0 Å². The lowest BCUT2D eigenvalue weighted by Gasteiger charge is -2.32. The average Bonchev–Trinajstić information content (AvgIpc) is 2.76. The van der Waals surface area contributed by atoms with Gasteiger partial charge in [-0.05, 0) is 54.4 Å². The van der Waals surface area contributed by atoms with E-state index in [1.54, 1.807) is 38.0 Å². The summed E-state index contributed by atoms with van der Waals surface area (Å²) in [6, 6.07) is 14.0.